The molecule has 3 heterocycles. The van der Waals surface area contributed by atoms with Crippen molar-refractivity contribution in [1.29, 1.82) is 0 Å². The molecule has 2 N–H and O–H groups in total. The summed E-state index contributed by atoms with van der Waals surface area (Å²) >= 11 is 11.5. The maximum absolute atomic E-state index is 12.5. The van der Waals surface area contributed by atoms with Gasteiger partial charge in [0.1, 0.15) is 30.0 Å². The van der Waals surface area contributed by atoms with Crippen molar-refractivity contribution in [3.8, 4) is 28.3 Å². The van der Waals surface area contributed by atoms with Crippen LogP contribution in [0, 0.1) is 6.92 Å². The molecule has 0 bridgehead atoms. The van der Waals surface area contributed by atoms with E-state index in [1.165, 1.54) is 0 Å². The standard InChI is InChI=1S/C34H34ClN5O3S/c1-20-7-8-23(18-37-20)22-9-10-29-28(15-22)38-19-40(29)24-16-27(34(36)41)33(44)31(17-24)42-21(2)26-5-4-6-30(32(26)35)43-25-11-13-39(3)14-12-25/h4-10,15-19,21,25,44H,11-14H2,1-3H3,(H2,36,41)/t21-/m1/s1. The summed E-state index contributed by atoms with van der Waals surface area (Å²) in [6, 6.07) is 19.3. The third-order valence-electron chi connectivity index (χ3n) is 8.09. The number of ether oxygens (including phenoxy) is 2. The zero-order valence-corrected chi connectivity index (χ0v) is 26.5. The van der Waals surface area contributed by atoms with Crippen LogP contribution in [0.3, 0.4) is 0 Å². The number of nitrogens with two attached hydrogens (primary N) is 1. The van der Waals surface area contributed by atoms with Crippen molar-refractivity contribution in [3.05, 3.63) is 95.0 Å². The topological polar surface area (TPSA) is 95.5 Å². The monoisotopic (exact) mass is 627 g/mol. The average molecular weight is 628 g/mol. The van der Waals surface area contributed by atoms with E-state index in [0.717, 1.165) is 59.3 Å². The number of carbonyl (C=O) groups excluding carboxylic acids is 1. The highest BCUT2D eigenvalue weighted by molar-refractivity contribution is 7.80. The summed E-state index contributed by atoms with van der Waals surface area (Å²) in [5.74, 6) is 0.422. The molecule has 8 nitrogen and oxygen atoms in total. The predicted octanol–water partition coefficient (Wildman–Crippen LogP) is 7.05. The van der Waals surface area contributed by atoms with Gasteiger partial charge in [-0.05, 0) is 69.6 Å². The molecule has 0 aliphatic carbocycles. The van der Waals surface area contributed by atoms with E-state index in [2.05, 4.69) is 34.5 Å². The molecule has 1 aliphatic heterocycles. The molecule has 1 atom stereocenters. The Kier molecular flexibility index (Phi) is 8.53. The highest BCUT2D eigenvalue weighted by atomic mass is 35.5. The van der Waals surface area contributed by atoms with Crippen molar-refractivity contribution in [2.24, 2.45) is 5.73 Å². The lowest BCUT2D eigenvalue weighted by molar-refractivity contribution is 0.0996. The Morgan fingerprint density at radius 3 is 2.55 bits per heavy atom. The van der Waals surface area contributed by atoms with Gasteiger partial charge in [-0.15, -0.1) is 12.6 Å². The second-order valence-electron chi connectivity index (χ2n) is 11.3. The number of hydrogen-bond acceptors (Lipinski definition) is 7. The first-order chi connectivity index (χ1) is 21.2. The first-order valence-corrected chi connectivity index (χ1v) is 15.4. The van der Waals surface area contributed by atoms with Crippen LogP contribution in [0.1, 0.15) is 47.5 Å². The van der Waals surface area contributed by atoms with Crippen LogP contribution in [0.5, 0.6) is 11.5 Å². The molecule has 1 aliphatic rings. The number of halogens is 1. The molecule has 1 saturated heterocycles. The van der Waals surface area contributed by atoms with Gasteiger partial charge in [-0.25, -0.2) is 4.98 Å². The predicted molar refractivity (Wildman–Crippen MR) is 176 cm³/mol. The Morgan fingerprint density at radius 1 is 1.05 bits per heavy atom. The highest BCUT2D eigenvalue weighted by Crippen LogP contribution is 2.38. The van der Waals surface area contributed by atoms with Crippen LogP contribution in [-0.4, -0.2) is 51.6 Å². The Balaban J connectivity index is 1.30. The number of aromatic nitrogens is 3. The van der Waals surface area contributed by atoms with Gasteiger partial charge >= 0.3 is 0 Å². The molecule has 0 saturated carbocycles. The quantitative estimate of drug-likeness (QED) is 0.179. The summed E-state index contributed by atoms with van der Waals surface area (Å²) in [6.45, 7) is 5.84. The molecule has 6 rings (SSSR count). The molecule has 1 fully saturated rings. The van der Waals surface area contributed by atoms with Crippen LogP contribution >= 0.6 is 24.2 Å². The lowest BCUT2D eigenvalue weighted by Crippen LogP contribution is -2.35. The van der Waals surface area contributed by atoms with Gasteiger partial charge < -0.3 is 20.1 Å². The van der Waals surface area contributed by atoms with Gasteiger partial charge in [0.05, 0.1) is 32.2 Å². The Bertz CT molecular complexity index is 1830. The number of rotatable bonds is 8. The van der Waals surface area contributed by atoms with Gasteiger partial charge in [0.2, 0.25) is 5.91 Å². The lowest BCUT2D eigenvalue weighted by Gasteiger charge is -2.30. The van der Waals surface area contributed by atoms with E-state index in [1.54, 1.807) is 12.4 Å². The minimum Gasteiger partial charge on any atom is -0.489 e. The number of likely N-dealkylation sites (tertiary alicyclic amines) is 1. The van der Waals surface area contributed by atoms with E-state index in [1.807, 2.05) is 79.2 Å². The van der Waals surface area contributed by atoms with E-state index >= 15 is 0 Å². The summed E-state index contributed by atoms with van der Waals surface area (Å²) in [5, 5.41) is 0.506. The Morgan fingerprint density at radius 2 is 1.82 bits per heavy atom. The van der Waals surface area contributed by atoms with Crippen molar-refractivity contribution in [1.82, 2.24) is 19.4 Å². The summed E-state index contributed by atoms with van der Waals surface area (Å²) < 4.78 is 14.6. The van der Waals surface area contributed by atoms with Crippen molar-refractivity contribution < 1.29 is 14.3 Å². The summed E-state index contributed by atoms with van der Waals surface area (Å²) in [4.78, 5) is 24.2. The molecule has 0 unspecified atom stereocenters. The number of thiol groups is 1. The molecule has 1 amide bonds. The van der Waals surface area contributed by atoms with E-state index < -0.39 is 12.0 Å². The smallest absolute Gasteiger partial charge is 0.250 e. The zero-order valence-electron chi connectivity index (χ0n) is 24.8. The number of nitrogens with zero attached hydrogens (tertiary/aromatic N) is 4. The number of piperidine rings is 1. The highest BCUT2D eigenvalue weighted by Gasteiger charge is 2.23. The average Bonchev–Trinajstić information content (AvgIpc) is 3.44. The van der Waals surface area contributed by atoms with Gasteiger partial charge in [-0.1, -0.05) is 35.9 Å². The molecular weight excluding hydrogens is 594 g/mol. The van der Waals surface area contributed by atoms with Gasteiger partial charge in [0.25, 0.3) is 0 Å². The van der Waals surface area contributed by atoms with E-state index in [4.69, 9.17) is 26.8 Å². The Hall–Kier alpha value is -4.05. The normalized spacial score (nSPS) is 14.9. The summed E-state index contributed by atoms with van der Waals surface area (Å²) in [6.07, 6.45) is 5.10. The molecule has 3 aromatic carbocycles. The third-order valence-corrected chi connectivity index (χ3v) is 8.96. The maximum Gasteiger partial charge on any atom is 0.250 e. The van der Waals surface area contributed by atoms with E-state index in [9.17, 15) is 4.79 Å². The van der Waals surface area contributed by atoms with Crippen LogP contribution in [0.4, 0.5) is 0 Å². The number of carbonyl (C=O) groups is 1. The molecule has 44 heavy (non-hydrogen) atoms. The lowest BCUT2D eigenvalue weighted by atomic mass is 10.1. The first-order valence-electron chi connectivity index (χ1n) is 14.6. The minimum atomic E-state index is -0.612. The Labute approximate surface area is 267 Å². The van der Waals surface area contributed by atoms with E-state index in [-0.39, 0.29) is 11.7 Å². The molecular formula is C34H34ClN5O3S. The van der Waals surface area contributed by atoms with Crippen molar-refractivity contribution in [2.75, 3.05) is 20.1 Å². The summed E-state index contributed by atoms with van der Waals surface area (Å²) in [5.41, 5.74) is 12.1. The van der Waals surface area contributed by atoms with Crippen molar-refractivity contribution >= 4 is 41.2 Å². The number of amides is 1. The van der Waals surface area contributed by atoms with Gasteiger partial charge in [0.15, 0.2) is 0 Å². The number of hydrogen-bond donors (Lipinski definition) is 2. The molecule has 0 spiro atoms. The van der Waals surface area contributed by atoms with Crippen LogP contribution in [0.15, 0.2) is 78.1 Å². The fraction of sp³-hybridized carbons (Fsp3) is 0.265. The fourth-order valence-electron chi connectivity index (χ4n) is 5.52. The second kappa shape index (κ2) is 12.5. The molecule has 226 valence electrons. The second-order valence-corrected chi connectivity index (χ2v) is 12.1. The van der Waals surface area contributed by atoms with Gasteiger partial charge in [-0.2, -0.15) is 0 Å². The van der Waals surface area contributed by atoms with Crippen LogP contribution in [0.2, 0.25) is 5.02 Å². The largest absolute Gasteiger partial charge is 0.489 e. The van der Waals surface area contributed by atoms with Gasteiger partial charge in [0, 0.05) is 42.2 Å². The number of pyridine rings is 1. The van der Waals surface area contributed by atoms with Crippen LogP contribution in [0.25, 0.3) is 27.8 Å². The molecule has 10 heteroatoms. The number of aryl methyl sites for hydroxylation is 1. The van der Waals surface area contributed by atoms with Crippen molar-refractivity contribution in [3.63, 3.8) is 0 Å². The van der Waals surface area contributed by atoms with Gasteiger partial charge in [-0.3, -0.25) is 14.3 Å². The van der Waals surface area contributed by atoms with Crippen molar-refractivity contribution in [2.45, 2.75) is 43.8 Å². The first kappa shape index (κ1) is 30.0. The number of benzene rings is 3. The zero-order chi connectivity index (χ0) is 31.0. The fourth-order valence-corrected chi connectivity index (χ4v) is 6.13. The minimum absolute atomic E-state index is 0.115. The number of fused-ring (bicyclic) bond motifs is 1. The maximum atomic E-state index is 12.5. The van der Waals surface area contributed by atoms with Crippen LogP contribution < -0.4 is 15.2 Å². The molecule has 2 aromatic heterocycles. The SMILES string of the molecule is Cc1ccc(-c2ccc3c(c2)ncn3-c2cc(O[C@H](C)c3cccc(OC4CCN(C)CC4)c3Cl)c(S)c(C(N)=O)c2)cn1. The summed E-state index contributed by atoms with van der Waals surface area (Å²) in [7, 11) is 2.12. The molecule has 0 radical (unpaired) electrons. The number of imidazole rings is 1. The number of primary amides is 1. The van der Waals surface area contributed by atoms with E-state index in [0.29, 0.717) is 27.1 Å². The molecule has 5 aromatic rings. The van der Waals surface area contributed by atoms with Crippen LogP contribution in [-0.2, 0) is 0 Å². The third kappa shape index (κ3) is 6.13.